The summed E-state index contributed by atoms with van der Waals surface area (Å²) in [5, 5.41) is 14.3. The molecule has 0 spiro atoms. The number of nitrogens with one attached hydrogen (secondary N) is 2. The number of hydrazone groups is 1. The van der Waals surface area contributed by atoms with Crippen LogP contribution in [-0.4, -0.2) is 27.2 Å². The largest absolute Gasteiger partial charge is 0.506 e. The Morgan fingerprint density at radius 2 is 2.07 bits per heavy atom. The predicted molar refractivity (Wildman–Crippen MR) is 108 cm³/mol. The molecule has 27 heavy (non-hydrogen) atoms. The maximum absolute atomic E-state index is 12.0. The molecule has 0 aliphatic carbocycles. The lowest BCUT2D eigenvalue weighted by Gasteiger charge is -2.01. The summed E-state index contributed by atoms with van der Waals surface area (Å²) < 4.78 is 1.12. The van der Waals surface area contributed by atoms with E-state index in [1.54, 1.807) is 11.3 Å². The summed E-state index contributed by atoms with van der Waals surface area (Å²) in [7, 11) is 0. The molecule has 0 aliphatic heterocycles. The summed E-state index contributed by atoms with van der Waals surface area (Å²) >= 11 is 7.40. The molecule has 0 unspecified atom stereocenters. The Morgan fingerprint density at radius 1 is 1.22 bits per heavy atom. The predicted octanol–water partition coefficient (Wildman–Crippen LogP) is 4.41. The zero-order valence-corrected chi connectivity index (χ0v) is 15.4. The molecule has 0 saturated carbocycles. The number of phenols is 1. The number of carbonyl (C=O) groups is 1. The van der Waals surface area contributed by atoms with Crippen molar-refractivity contribution in [3.8, 4) is 16.5 Å². The third-order valence-corrected chi connectivity index (χ3v) is 5.18. The minimum Gasteiger partial charge on any atom is -0.506 e. The van der Waals surface area contributed by atoms with Crippen molar-refractivity contribution in [2.75, 3.05) is 0 Å². The first-order valence-corrected chi connectivity index (χ1v) is 9.16. The van der Waals surface area contributed by atoms with Gasteiger partial charge in [-0.15, -0.1) is 11.3 Å². The van der Waals surface area contributed by atoms with Gasteiger partial charge in [0.1, 0.15) is 10.8 Å². The lowest BCUT2D eigenvalue weighted by atomic mass is 10.2. The zero-order valence-electron chi connectivity index (χ0n) is 13.8. The highest BCUT2D eigenvalue weighted by atomic mass is 35.5. The van der Waals surface area contributed by atoms with E-state index in [2.05, 4.69) is 20.5 Å². The number of hydrogen-bond acceptors (Lipinski definition) is 5. The van der Waals surface area contributed by atoms with E-state index in [4.69, 9.17) is 11.6 Å². The second-order valence-corrected chi connectivity index (χ2v) is 7.12. The van der Waals surface area contributed by atoms with Gasteiger partial charge < -0.3 is 10.1 Å². The van der Waals surface area contributed by atoms with Gasteiger partial charge in [-0.3, -0.25) is 4.79 Å². The number of fused-ring (bicyclic) bond motifs is 1. The Balaban J connectivity index is 1.45. The maximum Gasteiger partial charge on any atom is 0.271 e. The Hall–Kier alpha value is -3.16. The molecule has 4 rings (SSSR count). The highest BCUT2D eigenvalue weighted by molar-refractivity contribution is 7.21. The number of hydrogen-bond donors (Lipinski definition) is 3. The van der Waals surface area contributed by atoms with Crippen molar-refractivity contribution < 1.29 is 9.90 Å². The topological polar surface area (TPSA) is 90.4 Å². The average molecular weight is 397 g/mol. The first kappa shape index (κ1) is 17.3. The van der Waals surface area contributed by atoms with Crippen molar-refractivity contribution in [1.82, 2.24) is 15.4 Å². The van der Waals surface area contributed by atoms with Crippen LogP contribution >= 0.6 is 22.9 Å². The van der Waals surface area contributed by atoms with Crippen LogP contribution in [0.2, 0.25) is 5.02 Å². The molecule has 0 fully saturated rings. The smallest absolute Gasteiger partial charge is 0.271 e. The van der Waals surface area contributed by atoms with E-state index in [9.17, 15) is 9.90 Å². The highest BCUT2D eigenvalue weighted by Gasteiger charge is 2.09. The van der Waals surface area contributed by atoms with Gasteiger partial charge in [-0.25, -0.2) is 10.4 Å². The minimum atomic E-state index is -0.425. The van der Waals surface area contributed by atoms with Crippen molar-refractivity contribution in [2.45, 2.75) is 0 Å². The zero-order chi connectivity index (χ0) is 18.8. The number of halogens is 1. The fourth-order valence-corrected chi connectivity index (χ4v) is 3.60. The molecule has 0 radical (unpaired) electrons. The Morgan fingerprint density at radius 3 is 2.89 bits per heavy atom. The van der Waals surface area contributed by atoms with Gasteiger partial charge in [-0.1, -0.05) is 23.7 Å². The monoisotopic (exact) mass is 396 g/mol. The fraction of sp³-hybridized carbons (Fsp3) is 0. The summed E-state index contributed by atoms with van der Waals surface area (Å²) in [6, 6.07) is 15.9. The van der Waals surface area contributed by atoms with E-state index in [1.165, 1.54) is 24.4 Å². The number of aromatic hydroxyl groups is 1. The molecule has 134 valence electrons. The van der Waals surface area contributed by atoms with Gasteiger partial charge in [0.25, 0.3) is 5.91 Å². The van der Waals surface area contributed by atoms with E-state index in [0.29, 0.717) is 5.56 Å². The SMILES string of the molecule is O=C(NN=Cc1ccc(-c2nc3ccccc3s2)[nH]1)c1ccc(O)c(Cl)c1. The summed E-state index contributed by atoms with van der Waals surface area (Å²) in [5.74, 6) is -0.503. The number of amides is 1. The molecule has 8 heteroatoms. The lowest BCUT2D eigenvalue weighted by Crippen LogP contribution is -2.17. The lowest BCUT2D eigenvalue weighted by molar-refractivity contribution is 0.0955. The van der Waals surface area contributed by atoms with Crippen LogP contribution in [0.3, 0.4) is 0 Å². The summed E-state index contributed by atoms with van der Waals surface area (Å²) in [6.45, 7) is 0. The van der Waals surface area contributed by atoms with Crippen molar-refractivity contribution in [2.24, 2.45) is 5.10 Å². The van der Waals surface area contributed by atoms with Gasteiger partial charge in [0.05, 0.1) is 32.8 Å². The van der Waals surface area contributed by atoms with Gasteiger partial charge in [0.15, 0.2) is 0 Å². The van der Waals surface area contributed by atoms with Crippen LogP contribution in [-0.2, 0) is 0 Å². The Kier molecular flexibility index (Phi) is 4.62. The Bertz CT molecular complexity index is 1130. The molecule has 0 aliphatic rings. The van der Waals surface area contributed by atoms with Crippen LogP contribution in [0.5, 0.6) is 5.75 Å². The molecule has 6 nitrogen and oxygen atoms in total. The highest BCUT2D eigenvalue weighted by Crippen LogP contribution is 2.29. The first-order chi connectivity index (χ1) is 13.1. The Labute approximate surface area is 163 Å². The third kappa shape index (κ3) is 3.69. The second-order valence-electron chi connectivity index (χ2n) is 5.68. The average Bonchev–Trinajstić information content (AvgIpc) is 3.30. The first-order valence-electron chi connectivity index (χ1n) is 7.97. The van der Waals surface area contributed by atoms with Crippen LogP contribution < -0.4 is 5.43 Å². The fourth-order valence-electron chi connectivity index (χ4n) is 2.47. The number of thiazole rings is 1. The van der Waals surface area contributed by atoms with Gasteiger partial charge in [0, 0.05) is 5.56 Å². The molecule has 0 saturated heterocycles. The minimum absolute atomic E-state index is 0.0783. The number of aromatic nitrogens is 2. The number of rotatable bonds is 4. The number of carbonyl (C=O) groups excluding carboxylic acids is 1. The molecule has 3 N–H and O–H groups in total. The normalized spacial score (nSPS) is 11.3. The summed E-state index contributed by atoms with van der Waals surface area (Å²) in [6.07, 6.45) is 1.51. The van der Waals surface area contributed by atoms with Crippen molar-refractivity contribution >= 4 is 45.3 Å². The van der Waals surface area contributed by atoms with Gasteiger partial charge in [-0.2, -0.15) is 5.10 Å². The van der Waals surface area contributed by atoms with E-state index in [-0.39, 0.29) is 10.8 Å². The van der Waals surface area contributed by atoms with E-state index in [0.717, 1.165) is 26.6 Å². The van der Waals surface area contributed by atoms with E-state index in [1.807, 2.05) is 36.4 Å². The van der Waals surface area contributed by atoms with Crippen LogP contribution in [0.1, 0.15) is 16.1 Å². The molecule has 2 aromatic carbocycles. The molecule has 0 atom stereocenters. The summed E-state index contributed by atoms with van der Waals surface area (Å²) in [5.41, 5.74) is 5.30. The number of nitrogens with zero attached hydrogens (tertiary/aromatic N) is 2. The standard InChI is InChI=1S/C19H13ClN4O2S/c20-13-9-11(5-8-16(13)25)18(26)24-21-10-12-6-7-15(22-12)19-23-14-3-1-2-4-17(14)27-19/h1-10,22,25H,(H,24,26). The molecule has 1 amide bonds. The van der Waals surface area contributed by atoms with E-state index >= 15 is 0 Å². The molecular formula is C19H13ClN4O2S. The second kappa shape index (κ2) is 7.22. The van der Waals surface area contributed by atoms with Gasteiger partial charge in [-0.05, 0) is 42.5 Å². The molecule has 2 aromatic heterocycles. The van der Waals surface area contributed by atoms with Crippen molar-refractivity contribution in [1.29, 1.82) is 0 Å². The van der Waals surface area contributed by atoms with Crippen LogP contribution in [0, 0.1) is 0 Å². The number of phenolic OH excluding ortho intramolecular Hbond substituents is 1. The number of benzene rings is 2. The van der Waals surface area contributed by atoms with Crippen LogP contribution in [0.25, 0.3) is 20.9 Å². The number of para-hydroxylation sites is 1. The molecule has 0 bridgehead atoms. The van der Waals surface area contributed by atoms with Crippen LogP contribution in [0.4, 0.5) is 0 Å². The van der Waals surface area contributed by atoms with Crippen LogP contribution in [0.15, 0.2) is 59.7 Å². The molecule has 4 aromatic rings. The summed E-state index contributed by atoms with van der Waals surface area (Å²) in [4.78, 5) is 19.9. The quantitative estimate of drug-likeness (QED) is 0.352. The number of aromatic amines is 1. The van der Waals surface area contributed by atoms with Crippen molar-refractivity contribution in [3.63, 3.8) is 0 Å². The molecular weight excluding hydrogens is 384 g/mol. The molecule has 2 heterocycles. The van der Waals surface area contributed by atoms with Gasteiger partial charge in [0.2, 0.25) is 0 Å². The van der Waals surface area contributed by atoms with Crippen molar-refractivity contribution in [3.05, 3.63) is 70.9 Å². The van der Waals surface area contributed by atoms with E-state index < -0.39 is 5.91 Å². The van der Waals surface area contributed by atoms with Gasteiger partial charge >= 0.3 is 0 Å². The maximum atomic E-state index is 12.0. The third-order valence-electron chi connectivity index (χ3n) is 3.81. The number of H-pyrrole nitrogens is 1.